The molecule has 0 saturated carbocycles. The van der Waals surface area contributed by atoms with Crippen molar-refractivity contribution in [3.05, 3.63) is 57.9 Å². The van der Waals surface area contributed by atoms with Gasteiger partial charge in [-0.05, 0) is 52.0 Å². The van der Waals surface area contributed by atoms with Gasteiger partial charge in [0, 0.05) is 11.1 Å². The molecule has 0 spiro atoms. The lowest BCUT2D eigenvalue weighted by atomic mass is 9.75. The topological polar surface area (TPSA) is 284 Å². The first-order chi connectivity index (χ1) is 23.1. The Labute approximate surface area is 285 Å². The summed E-state index contributed by atoms with van der Waals surface area (Å²) in [6.45, 7) is 3.39. The number of benzene rings is 2. The largest absolute Gasteiger partial charge is 0.478 e. The maximum atomic E-state index is 14.1. The third-order valence-corrected chi connectivity index (χ3v) is 9.41. The molecule has 2 fully saturated rings. The van der Waals surface area contributed by atoms with E-state index in [0.717, 1.165) is 0 Å². The second-order valence-corrected chi connectivity index (χ2v) is 14.0. The van der Waals surface area contributed by atoms with Crippen molar-refractivity contribution in [1.29, 1.82) is 0 Å². The number of primary amides is 2. The van der Waals surface area contributed by atoms with Crippen molar-refractivity contribution in [2.75, 3.05) is 17.9 Å². The van der Waals surface area contributed by atoms with E-state index in [2.05, 4.69) is 0 Å². The Balaban J connectivity index is 2.25. The Hall–Kier alpha value is -4.45. The summed E-state index contributed by atoms with van der Waals surface area (Å²) in [5.74, 6) is -13.4. The normalized spacial score (nSPS) is 22.5. The molecule has 2 aromatic rings. The maximum Gasteiger partial charge on any atom is 0.418 e. The third kappa shape index (κ3) is 6.94. The fraction of sp³-hybridized carbons (Fsp3) is 0.448. The summed E-state index contributed by atoms with van der Waals surface area (Å²) in [5, 5.41) is 44.9. The van der Waals surface area contributed by atoms with Gasteiger partial charge in [0.1, 0.15) is 18.0 Å². The Morgan fingerprint density at radius 1 is 0.843 bits per heavy atom. The van der Waals surface area contributed by atoms with Crippen LogP contribution < -0.4 is 16.2 Å². The van der Waals surface area contributed by atoms with Crippen LogP contribution in [0.1, 0.15) is 65.1 Å². The first kappa shape index (κ1) is 39.3. The molecule has 17 nitrogen and oxygen atoms in total. The van der Waals surface area contributed by atoms with Gasteiger partial charge >= 0.3 is 18.1 Å². The summed E-state index contributed by atoms with van der Waals surface area (Å²) in [4.78, 5) is 50.6. The zero-order valence-corrected chi connectivity index (χ0v) is 27.6. The highest BCUT2D eigenvalue weighted by Crippen LogP contribution is 2.47. The van der Waals surface area contributed by atoms with Crippen molar-refractivity contribution in [1.82, 2.24) is 0 Å². The molecule has 22 heteroatoms. The van der Waals surface area contributed by atoms with Crippen molar-refractivity contribution >= 4 is 39.5 Å². The molecule has 280 valence electrons. The SMILES string of the molecule is CC1(C)OCC(C(O)(C(N)=O)c2c(C(=O)O)cc(S(=O)(=O)Nc3ccc(F)cc3C(F)(F)F)c(C(O)(C(N)=O)C3COC(C)(C)O3)c2C(=O)O)O1. The lowest BCUT2D eigenvalue weighted by Crippen LogP contribution is -2.56. The van der Waals surface area contributed by atoms with Gasteiger partial charge in [0.2, 0.25) is 0 Å². The maximum absolute atomic E-state index is 14.1. The number of amides is 2. The number of carbonyl (C=O) groups is 4. The Bertz CT molecular complexity index is 1940. The number of ether oxygens (including phenoxy) is 4. The van der Waals surface area contributed by atoms with Crippen molar-refractivity contribution in [2.24, 2.45) is 11.5 Å². The summed E-state index contributed by atoms with van der Waals surface area (Å²) in [5.41, 5.74) is -6.17. The van der Waals surface area contributed by atoms with Crippen molar-refractivity contribution < 1.29 is 84.5 Å². The number of hydrogen-bond donors (Lipinski definition) is 7. The number of alkyl halides is 3. The van der Waals surface area contributed by atoms with Crippen LogP contribution in [0.5, 0.6) is 0 Å². The van der Waals surface area contributed by atoms with Crippen LogP contribution in [0.15, 0.2) is 29.2 Å². The highest BCUT2D eigenvalue weighted by atomic mass is 32.2. The van der Waals surface area contributed by atoms with E-state index in [1.807, 2.05) is 0 Å². The number of carboxylic acid groups (broad SMARTS) is 2. The van der Waals surface area contributed by atoms with E-state index >= 15 is 0 Å². The predicted molar refractivity (Wildman–Crippen MR) is 159 cm³/mol. The second kappa shape index (κ2) is 12.6. The molecule has 2 amide bonds. The average Bonchev–Trinajstić information content (AvgIpc) is 3.55. The summed E-state index contributed by atoms with van der Waals surface area (Å²) >= 11 is 0. The van der Waals surface area contributed by atoms with E-state index in [1.165, 1.54) is 32.4 Å². The van der Waals surface area contributed by atoms with Gasteiger partial charge in [-0.25, -0.2) is 22.4 Å². The van der Waals surface area contributed by atoms with Crippen LogP contribution in [-0.4, -0.2) is 89.6 Å². The number of hydrogen-bond acceptors (Lipinski definition) is 12. The first-order valence-corrected chi connectivity index (χ1v) is 15.8. The predicted octanol–water partition coefficient (Wildman–Crippen LogP) is 0.691. The molecule has 2 aliphatic heterocycles. The quantitative estimate of drug-likeness (QED) is 0.156. The number of sulfonamides is 1. The van der Waals surface area contributed by atoms with Gasteiger partial charge < -0.3 is 50.8 Å². The minimum atomic E-state index is -5.86. The van der Waals surface area contributed by atoms with Crippen LogP contribution in [0.4, 0.5) is 23.2 Å². The molecule has 4 rings (SSSR count). The zero-order chi connectivity index (χ0) is 38.9. The third-order valence-electron chi connectivity index (χ3n) is 8.02. The van der Waals surface area contributed by atoms with Gasteiger partial charge in [-0.15, -0.1) is 0 Å². The number of nitrogens with two attached hydrogens (primary N) is 2. The number of carboxylic acids is 2. The van der Waals surface area contributed by atoms with Crippen LogP contribution in [0.2, 0.25) is 0 Å². The molecule has 9 N–H and O–H groups in total. The van der Waals surface area contributed by atoms with Crippen LogP contribution in [-0.2, 0) is 55.9 Å². The number of aromatic carboxylic acids is 2. The molecule has 0 aliphatic carbocycles. The summed E-state index contributed by atoms with van der Waals surface area (Å²) < 4.78 is 107. The summed E-state index contributed by atoms with van der Waals surface area (Å²) in [7, 11) is -5.86. The number of anilines is 1. The van der Waals surface area contributed by atoms with Crippen molar-refractivity contribution in [2.45, 2.75) is 73.8 Å². The molecular formula is C29H31F4N3O14S. The lowest BCUT2D eigenvalue weighted by Gasteiger charge is -2.37. The van der Waals surface area contributed by atoms with Gasteiger partial charge in [-0.3, -0.25) is 14.3 Å². The van der Waals surface area contributed by atoms with Crippen LogP contribution >= 0.6 is 0 Å². The van der Waals surface area contributed by atoms with E-state index in [0.29, 0.717) is 12.1 Å². The minimum absolute atomic E-state index is 0.0300. The molecule has 2 aliphatic rings. The molecular weight excluding hydrogens is 722 g/mol. The molecule has 2 heterocycles. The van der Waals surface area contributed by atoms with Crippen LogP contribution in [0.3, 0.4) is 0 Å². The number of rotatable bonds is 11. The van der Waals surface area contributed by atoms with E-state index in [4.69, 9.17) is 30.4 Å². The van der Waals surface area contributed by atoms with Gasteiger partial charge in [-0.2, -0.15) is 13.2 Å². The Morgan fingerprint density at radius 2 is 1.31 bits per heavy atom. The zero-order valence-electron chi connectivity index (χ0n) is 26.8. The van der Waals surface area contributed by atoms with E-state index in [1.54, 1.807) is 0 Å². The lowest BCUT2D eigenvalue weighted by molar-refractivity contribution is -0.180. The smallest absolute Gasteiger partial charge is 0.418 e. The Kier molecular flexibility index (Phi) is 9.75. The first-order valence-electron chi connectivity index (χ1n) is 14.4. The highest BCUT2D eigenvalue weighted by molar-refractivity contribution is 7.92. The number of aliphatic hydroxyl groups is 2. The highest BCUT2D eigenvalue weighted by Gasteiger charge is 2.60. The molecule has 0 bridgehead atoms. The molecule has 4 unspecified atom stereocenters. The minimum Gasteiger partial charge on any atom is -0.478 e. The summed E-state index contributed by atoms with van der Waals surface area (Å²) in [6.07, 6.45) is -9.62. The number of halogens is 4. The van der Waals surface area contributed by atoms with Crippen LogP contribution in [0, 0.1) is 5.82 Å². The van der Waals surface area contributed by atoms with Crippen molar-refractivity contribution in [3.63, 3.8) is 0 Å². The fourth-order valence-corrected chi connectivity index (χ4v) is 7.12. The van der Waals surface area contributed by atoms with Gasteiger partial charge in [0.15, 0.2) is 22.8 Å². The van der Waals surface area contributed by atoms with Gasteiger partial charge in [0.05, 0.1) is 40.5 Å². The summed E-state index contributed by atoms with van der Waals surface area (Å²) in [6, 6.07) is 0.660. The molecule has 51 heavy (non-hydrogen) atoms. The van der Waals surface area contributed by atoms with Crippen LogP contribution in [0.25, 0.3) is 0 Å². The molecule has 0 radical (unpaired) electrons. The monoisotopic (exact) mass is 753 g/mol. The van der Waals surface area contributed by atoms with E-state index < -0.39 is 132 Å². The molecule has 2 aromatic carbocycles. The average molecular weight is 754 g/mol. The fourth-order valence-electron chi connectivity index (χ4n) is 5.74. The van der Waals surface area contributed by atoms with Crippen molar-refractivity contribution in [3.8, 4) is 0 Å². The molecule has 2 saturated heterocycles. The number of nitrogens with one attached hydrogen (secondary N) is 1. The van der Waals surface area contributed by atoms with E-state index in [-0.39, 0.29) is 12.1 Å². The Morgan fingerprint density at radius 3 is 1.69 bits per heavy atom. The second-order valence-electron chi connectivity index (χ2n) is 12.3. The van der Waals surface area contributed by atoms with Gasteiger partial charge in [-0.1, -0.05) is 0 Å². The van der Waals surface area contributed by atoms with E-state index in [9.17, 15) is 65.6 Å². The number of carbonyl (C=O) groups excluding carboxylic acids is 2. The molecule has 4 atom stereocenters. The molecule has 0 aromatic heterocycles. The van der Waals surface area contributed by atoms with Gasteiger partial charge in [0.25, 0.3) is 21.8 Å². The standard InChI is InChI=1S/C29H31F4N3O14S/c1-25(2)47-9-16(49-25)27(43,23(34)41)19-12(21(37)38)8-15(51(45,46)36-14-6-5-11(30)7-13(14)29(31,32)33)20(18(19)22(39)40)28(44,24(35)42)17-10-48-26(3,4)50-17/h5-8,16-17,36,43-44H,9-10H2,1-4H3,(H2,34,41)(H2,35,42)(H,37,38)(H,39,40).